The van der Waals surface area contributed by atoms with Crippen LogP contribution in [0.3, 0.4) is 0 Å². The Bertz CT molecular complexity index is 1160. The molecule has 2 saturated heterocycles. The number of carbonyl (C=O) groups excluding carboxylic acids is 3. The van der Waals surface area contributed by atoms with E-state index in [4.69, 9.17) is 0 Å². The number of likely N-dealkylation sites (tertiary alicyclic amines) is 2. The van der Waals surface area contributed by atoms with Crippen molar-refractivity contribution in [3.05, 3.63) is 65.2 Å². The lowest BCUT2D eigenvalue weighted by atomic mass is 9.98. The molecule has 0 bridgehead atoms. The third-order valence-corrected chi connectivity index (χ3v) is 7.56. The maximum Gasteiger partial charge on any atom is 0.254 e. The molecule has 4 N–H and O–H groups in total. The lowest BCUT2D eigenvalue weighted by molar-refractivity contribution is -0.146. The number of phenols is 1. The van der Waals surface area contributed by atoms with Gasteiger partial charge in [-0.25, -0.2) is 4.39 Å². The van der Waals surface area contributed by atoms with Gasteiger partial charge in [-0.2, -0.15) is 0 Å². The van der Waals surface area contributed by atoms with Crippen molar-refractivity contribution in [3.8, 4) is 5.75 Å². The third-order valence-electron chi connectivity index (χ3n) is 7.56. The van der Waals surface area contributed by atoms with Crippen molar-refractivity contribution in [2.45, 2.75) is 57.0 Å². The van der Waals surface area contributed by atoms with Crippen LogP contribution in [-0.4, -0.2) is 94.8 Å². The minimum Gasteiger partial charge on any atom is -0.508 e. The van der Waals surface area contributed by atoms with Gasteiger partial charge in [0.1, 0.15) is 18.0 Å². The van der Waals surface area contributed by atoms with Crippen molar-refractivity contribution in [2.75, 3.05) is 32.7 Å². The van der Waals surface area contributed by atoms with Crippen LogP contribution in [0.15, 0.2) is 48.5 Å². The summed E-state index contributed by atoms with van der Waals surface area (Å²) in [6, 6.07) is 11.5. The van der Waals surface area contributed by atoms with E-state index in [-0.39, 0.29) is 30.7 Å². The zero-order valence-corrected chi connectivity index (χ0v) is 22.2. The molecule has 4 unspecified atom stereocenters. The summed E-state index contributed by atoms with van der Waals surface area (Å²) in [4.78, 5) is 42.9. The molecule has 2 aromatic carbocycles. The summed E-state index contributed by atoms with van der Waals surface area (Å²) in [5.41, 5.74) is 1.33. The summed E-state index contributed by atoms with van der Waals surface area (Å²) in [6.07, 6.45) is -0.884. The molecule has 2 aromatic rings. The number of rotatable bonds is 10. The van der Waals surface area contributed by atoms with Gasteiger partial charge in [0.05, 0.1) is 12.6 Å². The van der Waals surface area contributed by atoms with Crippen molar-refractivity contribution >= 4 is 17.7 Å². The van der Waals surface area contributed by atoms with Gasteiger partial charge in [-0.15, -0.1) is 0 Å². The molecular formula is C29H37FN4O5. The number of benzene rings is 2. The Morgan fingerprint density at radius 3 is 2.51 bits per heavy atom. The van der Waals surface area contributed by atoms with Gasteiger partial charge >= 0.3 is 0 Å². The Morgan fingerprint density at radius 2 is 1.79 bits per heavy atom. The minimum absolute atomic E-state index is 0.0523. The van der Waals surface area contributed by atoms with Gasteiger partial charge in [0.25, 0.3) is 11.8 Å². The first kappa shape index (κ1) is 28.5. The van der Waals surface area contributed by atoms with Gasteiger partial charge in [-0.1, -0.05) is 36.4 Å². The molecule has 2 fully saturated rings. The van der Waals surface area contributed by atoms with E-state index in [1.807, 2.05) is 6.07 Å². The van der Waals surface area contributed by atoms with E-state index in [1.54, 1.807) is 31.2 Å². The number of hydrogen-bond donors (Lipinski definition) is 4. The Morgan fingerprint density at radius 1 is 1.08 bits per heavy atom. The highest BCUT2D eigenvalue weighted by molar-refractivity contribution is 5.97. The molecule has 0 saturated carbocycles. The highest BCUT2D eigenvalue weighted by Crippen LogP contribution is 2.24. The first-order chi connectivity index (χ1) is 18.7. The highest BCUT2D eigenvalue weighted by Gasteiger charge is 2.43. The Labute approximate surface area is 228 Å². The molecule has 0 radical (unpaired) electrons. The van der Waals surface area contributed by atoms with Gasteiger partial charge < -0.3 is 30.6 Å². The fourth-order valence-electron chi connectivity index (χ4n) is 5.31. The van der Waals surface area contributed by atoms with Gasteiger partial charge in [-0.05, 0) is 57.0 Å². The minimum atomic E-state index is -1.73. The van der Waals surface area contributed by atoms with Crippen LogP contribution >= 0.6 is 0 Å². The molecule has 39 heavy (non-hydrogen) atoms. The predicted molar refractivity (Wildman–Crippen MR) is 144 cm³/mol. The van der Waals surface area contributed by atoms with E-state index in [9.17, 15) is 29.0 Å². The molecule has 3 amide bonds. The number of aliphatic hydroxyl groups is 1. The molecule has 4 rings (SSSR count). The number of hydrogen-bond acceptors (Lipinski definition) is 6. The zero-order valence-electron chi connectivity index (χ0n) is 22.2. The fraction of sp³-hybridized carbons (Fsp3) is 0.483. The summed E-state index contributed by atoms with van der Waals surface area (Å²) in [5.74, 6) is -1.89. The third kappa shape index (κ3) is 7.13. The van der Waals surface area contributed by atoms with E-state index >= 15 is 0 Å². The number of nitrogens with zero attached hydrogens (tertiary/aromatic N) is 2. The number of phenolic OH excluding ortho intramolecular Hbond substituents is 1. The smallest absolute Gasteiger partial charge is 0.254 e. The van der Waals surface area contributed by atoms with Gasteiger partial charge in [0.15, 0.2) is 6.10 Å². The average Bonchev–Trinajstić information content (AvgIpc) is 3.59. The van der Waals surface area contributed by atoms with Crippen LogP contribution < -0.4 is 10.6 Å². The number of aromatic hydroxyl groups is 1. The number of alkyl halides is 1. The van der Waals surface area contributed by atoms with Crippen molar-refractivity contribution in [1.82, 2.24) is 20.4 Å². The Balaban J connectivity index is 1.48. The topological polar surface area (TPSA) is 122 Å². The van der Waals surface area contributed by atoms with Crippen LogP contribution in [0, 0.1) is 6.92 Å². The standard InChI is InChI=1S/C29H37FN4O5/c1-19-22(10-7-11-25(19)35)27(37)32-23(16-20-8-3-2-4-9-20)26(36)29(39)34-18-21(30)17-24(34)28(38)31-12-15-33-13-5-6-14-33/h2-4,7-11,21,23-24,26,35-36H,5-6,12-18H2,1H3,(H,31,38)(H,32,37). The molecule has 4 atom stereocenters. The van der Waals surface area contributed by atoms with Crippen molar-refractivity contribution in [3.63, 3.8) is 0 Å². The van der Waals surface area contributed by atoms with E-state index < -0.39 is 42.1 Å². The predicted octanol–water partition coefficient (Wildman–Crippen LogP) is 1.55. The van der Waals surface area contributed by atoms with Crippen LogP contribution in [0.1, 0.15) is 40.7 Å². The van der Waals surface area contributed by atoms with Crippen molar-refractivity contribution in [1.29, 1.82) is 0 Å². The lowest BCUT2D eigenvalue weighted by Gasteiger charge is -2.30. The number of carbonyl (C=O) groups is 3. The largest absolute Gasteiger partial charge is 0.508 e. The summed E-state index contributed by atoms with van der Waals surface area (Å²) < 4.78 is 14.5. The van der Waals surface area contributed by atoms with Crippen LogP contribution in [0.5, 0.6) is 5.75 Å². The SMILES string of the molecule is Cc1c(O)cccc1C(=O)NC(Cc1ccccc1)C(O)C(=O)N1CC(F)CC1C(=O)NCCN1CCCC1. The average molecular weight is 541 g/mol. The van der Waals surface area contributed by atoms with Crippen LogP contribution in [0.25, 0.3) is 0 Å². The summed E-state index contributed by atoms with van der Waals surface area (Å²) in [7, 11) is 0. The number of aliphatic hydroxyl groups excluding tert-OH is 1. The molecule has 0 spiro atoms. The van der Waals surface area contributed by atoms with Crippen LogP contribution in [0.4, 0.5) is 4.39 Å². The van der Waals surface area contributed by atoms with Crippen LogP contribution in [0.2, 0.25) is 0 Å². The Hall–Kier alpha value is -3.50. The molecule has 2 heterocycles. The first-order valence-electron chi connectivity index (χ1n) is 13.5. The van der Waals surface area contributed by atoms with Crippen molar-refractivity contribution < 1.29 is 29.0 Å². The molecule has 0 aliphatic carbocycles. The van der Waals surface area contributed by atoms with E-state index in [0.717, 1.165) is 36.4 Å². The summed E-state index contributed by atoms with van der Waals surface area (Å²) in [5, 5.41) is 26.8. The second-order valence-corrected chi connectivity index (χ2v) is 10.3. The molecular weight excluding hydrogens is 503 g/mol. The fourth-order valence-corrected chi connectivity index (χ4v) is 5.31. The van der Waals surface area contributed by atoms with Crippen molar-refractivity contribution in [2.24, 2.45) is 0 Å². The normalized spacial score (nSPS) is 20.9. The van der Waals surface area contributed by atoms with E-state index in [2.05, 4.69) is 15.5 Å². The van der Waals surface area contributed by atoms with Gasteiger partial charge in [0, 0.05) is 30.6 Å². The lowest BCUT2D eigenvalue weighted by Crippen LogP contribution is -2.56. The summed E-state index contributed by atoms with van der Waals surface area (Å²) in [6.45, 7) is 4.34. The molecule has 9 nitrogen and oxygen atoms in total. The van der Waals surface area contributed by atoms with Crippen LogP contribution in [-0.2, 0) is 16.0 Å². The second kappa shape index (κ2) is 13.0. The van der Waals surface area contributed by atoms with Gasteiger partial charge in [-0.3, -0.25) is 14.4 Å². The van der Waals surface area contributed by atoms with E-state index in [0.29, 0.717) is 18.7 Å². The van der Waals surface area contributed by atoms with E-state index in [1.165, 1.54) is 18.2 Å². The molecule has 2 aliphatic rings. The highest BCUT2D eigenvalue weighted by atomic mass is 19.1. The monoisotopic (exact) mass is 540 g/mol. The maximum atomic E-state index is 14.5. The Kier molecular flexibility index (Phi) is 9.53. The van der Waals surface area contributed by atoms with Gasteiger partial charge in [0.2, 0.25) is 5.91 Å². The molecule has 10 heteroatoms. The number of halogens is 1. The molecule has 210 valence electrons. The number of amides is 3. The molecule has 2 aliphatic heterocycles. The molecule has 0 aromatic heterocycles. The second-order valence-electron chi connectivity index (χ2n) is 10.3. The summed E-state index contributed by atoms with van der Waals surface area (Å²) >= 11 is 0. The quantitative estimate of drug-likeness (QED) is 0.363. The maximum absolute atomic E-state index is 14.5. The number of nitrogens with one attached hydrogen (secondary N) is 2. The first-order valence-corrected chi connectivity index (χ1v) is 13.5. The zero-order chi connectivity index (χ0) is 27.9.